The molecule has 3 rings (SSSR count). The monoisotopic (exact) mass is 354 g/mol. The van der Waals surface area contributed by atoms with E-state index in [0.717, 1.165) is 34.4 Å². The van der Waals surface area contributed by atoms with Gasteiger partial charge in [-0.2, -0.15) is 0 Å². The maximum Gasteiger partial charge on any atom is 0.191 e. The highest BCUT2D eigenvalue weighted by atomic mass is 32.2. The van der Waals surface area contributed by atoms with E-state index in [2.05, 4.69) is 22.3 Å². The van der Waals surface area contributed by atoms with Gasteiger partial charge < -0.3 is 9.13 Å². The number of carbonyl (C=O) groups is 1. The second-order valence-electron chi connectivity index (χ2n) is 6.18. The summed E-state index contributed by atoms with van der Waals surface area (Å²) < 4.78 is 4.01. The summed E-state index contributed by atoms with van der Waals surface area (Å²) in [4.78, 5) is 12.5. The Morgan fingerprint density at radius 1 is 1.08 bits per heavy atom. The van der Waals surface area contributed by atoms with Crippen molar-refractivity contribution in [2.75, 3.05) is 5.75 Å². The predicted molar refractivity (Wildman–Crippen MR) is 100 cm³/mol. The van der Waals surface area contributed by atoms with Crippen LogP contribution in [0.15, 0.2) is 41.6 Å². The number of hydrogen-bond acceptors (Lipinski definition) is 4. The van der Waals surface area contributed by atoms with Crippen LogP contribution in [0.25, 0.3) is 0 Å². The number of aromatic nitrogens is 4. The lowest BCUT2D eigenvalue weighted by Gasteiger charge is -2.04. The van der Waals surface area contributed by atoms with Crippen molar-refractivity contribution < 1.29 is 4.79 Å². The Balaban J connectivity index is 1.67. The number of ketones is 1. The van der Waals surface area contributed by atoms with Crippen LogP contribution in [0.4, 0.5) is 0 Å². The molecule has 0 radical (unpaired) electrons. The highest BCUT2D eigenvalue weighted by Gasteiger charge is 2.16. The van der Waals surface area contributed by atoms with Gasteiger partial charge in [0, 0.05) is 37.5 Å². The van der Waals surface area contributed by atoms with Crippen molar-refractivity contribution in [3.05, 3.63) is 64.7 Å². The fraction of sp³-hybridized carbons (Fsp3) is 0.316. The first kappa shape index (κ1) is 17.5. The Hall–Kier alpha value is -2.34. The quantitative estimate of drug-likeness (QED) is 0.503. The maximum absolute atomic E-state index is 12.5. The molecular formula is C19H22N4OS. The summed E-state index contributed by atoms with van der Waals surface area (Å²) in [6.45, 7) is 3.99. The zero-order chi connectivity index (χ0) is 18.0. The fourth-order valence-electron chi connectivity index (χ4n) is 2.75. The Labute approximate surface area is 152 Å². The Bertz CT molecular complexity index is 896. The smallest absolute Gasteiger partial charge is 0.191 e. The SMILES string of the molecule is Cc1cc(C(=O)CSc2nnc(Cc3ccccc3)n2C)c(C)n1C. The van der Waals surface area contributed by atoms with Crippen LogP contribution in [0, 0.1) is 13.8 Å². The van der Waals surface area contributed by atoms with Gasteiger partial charge in [-0.05, 0) is 25.5 Å². The van der Waals surface area contributed by atoms with Crippen LogP contribution in [0.3, 0.4) is 0 Å². The second kappa shape index (κ2) is 7.27. The molecule has 0 aliphatic heterocycles. The third kappa shape index (κ3) is 3.69. The molecule has 0 spiro atoms. The molecule has 0 N–H and O–H groups in total. The number of Topliss-reactive ketones (excluding diaryl/α,β-unsaturated/α-hetero) is 1. The molecule has 5 nitrogen and oxygen atoms in total. The molecular weight excluding hydrogens is 332 g/mol. The topological polar surface area (TPSA) is 52.7 Å². The first-order valence-electron chi connectivity index (χ1n) is 8.18. The van der Waals surface area contributed by atoms with Crippen molar-refractivity contribution >= 4 is 17.5 Å². The first-order valence-corrected chi connectivity index (χ1v) is 9.17. The molecule has 0 saturated heterocycles. The van der Waals surface area contributed by atoms with Gasteiger partial charge in [-0.15, -0.1) is 10.2 Å². The largest absolute Gasteiger partial charge is 0.351 e. The van der Waals surface area contributed by atoms with E-state index in [1.54, 1.807) is 0 Å². The van der Waals surface area contributed by atoms with Gasteiger partial charge in [0.25, 0.3) is 0 Å². The average molecular weight is 354 g/mol. The molecule has 0 aliphatic carbocycles. The Morgan fingerprint density at radius 2 is 1.80 bits per heavy atom. The van der Waals surface area contributed by atoms with E-state index in [1.165, 1.54) is 17.3 Å². The third-order valence-corrected chi connectivity index (χ3v) is 5.56. The molecule has 6 heteroatoms. The van der Waals surface area contributed by atoms with Gasteiger partial charge in [0.1, 0.15) is 5.82 Å². The summed E-state index contributed by atoms with van der Waals surface area (Å²) in [5, 5.41) is 9.28. The first-order chi connectivity index (χ1) is 12.0. The van der Waals surface area contributed by atoms with Gasteiger partial charge in [-0.1, -0.05) is 42.1 Å². The van der Waals surface area contributed by atoms with Crippen molar-refractivity contribution in [2.24, 2.45) is 14.1 Å². The number of rotatable bonds is 6. The molecule has 0 unspecified atom stereocenters. The molecule has 1 aromatic carbocycles. The highest BCUT2D eigenvalue weighted by Crippen LogP contribution is 2.21. The molecule has 2 aromatic heterocycles. The summed E-state index contributed by atoms with van der Waals surface area (Å²) in [6.07, 6.45) is 0.732. The molecule has 0 aliphatic rings. The van der Waals surface area contributed by atoms with E-state index in [9.17, 15) is 4.79 Å². The summed E-state index contributed by atoms with van der Waals surface area (Å²) in [7, 11) is 3.93. The number of carbonyl (C=O) groups excluding carboxylic acids is 1. The van der Waals surface area contributed by atoms with Crippen molar-refractivity contribution in [3.63, 3.8) is 0 Å². The number of aryl methyl sites for hydroxylation is 1. The zero-order valence-corrected chi connectivity index (χ0v) is 15.8. The molecule has 0 atom stereocenters. The van der Waals surface area contributed by atoms with Gasteiger partial charge in [0.05, 0.1) is 5.75 Å². The molecule has 3 aromatic rings. The zero-order valence-electron chi connectivity index (χ0n) is 15.0. The normalized spacial score (nSPS) is 11.0. The molecule has 0 amide bonds. The minimum atomic E-state index is 0.124. The lowest BCUT2D eigenvalue weighted by atomic mass is 10.1. The van der Waals surface area contributed by atoms with Crippen molar-refractivity contribution in [1.82, 2.24) is 19.3 Å². The van der Waals surface area contributed by atoms with E-state index in [0.29, 0.717) is 5.75 Å². The summed E-state index contributed by atoms with van der Waals surface area (Å²) in [6, 6.07) is 12.1. The van der Waals surface area contributed by atoms with E-state index < -0.39 is 0 Å². The average Bonchev–Trinajstić information content (AvgIpc) is 3.09. The lowest BCUT2D eigenvalue weighted by Crippen LogP contribution is -2.06. The standard InChI is InChI=1S/C19H22N4OS/c1-13-10-16(14(2)22(13)3)17(24)12-25-19-21-20-18(23(19)4)11-15-8-6-5-7-9-15/h5-10H,11-12H2,1-4H3. The minimum absolute atomic E-state index is 0.124. The van der Waals surface area contributed by atoms with Crippen molar-refractivity contribution in [3.8, 4) is 0 Å². The van der Waals surface area contributed by atoms with Crippen molar-refractivity contribution in [1.29, 1.82) is 0 Å². The minimum Gasteiger partial charge on any atom is -0.351 e. The van der Waals surface area contributed by atoms with Gasteiger partial charge in [-0.25, -0.2) is 0 Å². The third-order valence-electron chi connectivity index (χ3n) is 4.54. The fourth-order valence-corrected chi connectivity index (χ4v) is 3.56. The molecule has 2 heterocycles. The number of thioether (sulfide) groups is 1. The van der Waals surface area contributed by atoms with E-state index >= 15 is 0 Å². The molecule has 25 heavy (non-hydrogen) atoms. The highest BCUT2D eigenvalue weighted by molar-refractivity contribution is 7.99. The molecule has 0 bridgehead atoms. The second-order valence-corrected chi connectivity index (χ2v) is 7.12. The summed E-state index contributed by atoms with van der Waals surface area (Å²) in [5.74, 6) is 1.38. The van der Waals surface area contributed by atoms with Crippen molar-refractivity contribution in [2.45, 2.75) is 25.4 Å². The van der Waals surface area contributed by atoms with E-state index in [4.69, 9.17) is 0 Å². The lowest BCUT2D eigenvalue weighted by molar-refractivity contribution is 0.102. The number of benzene rings is 1. The van der Waals surface area contributed by atoms with Crippen LogP contribution in [0.1, 0.15) is 33.1 Å². The van der Waals surface area contributed by atoms with Crippen LogP contribution in [0.2, 0.25) is 0 Å². The van der Waals surface area contributed by atoms with Crippen LogP contribution in [-0.2, 0) is 20.5 Å². The maximum atomic E-state index is 12.5. The number of hydrogen-bond donors (Lipinski definition) is 0. The number of nitrogens with zero attached hydrogens (tertiary/aromatic N) is 4. The van der Waals surface area contributed by atoms with Crippen LogP contribution >= 0.6 is 11.8 Å². The molecule has 130 valence electrons. The van der Waals surface area contributed by atoms with E-state index in [-0.39, 0.29) is 5.78 Å². The molecule has 0 fully saturated rings. The van der Waals surface area contributed by atoms with Gasteiger partial charge in [-0.3, -0.25) is 4.79 Å². The van der Waals surface area contributed by atoms with Gasteiger partial charge >= 0.3 is 0 Å². The van der Waals surface area contributed by atoms with Crippen LogP contribution in [0.5, 0.6) is 0 Å². The summed E-state index contributed by atoms with van der Waals surface area (Å²) >= 11 is 1.44. The van der Waals surface area contributed by atoms with E-state index in [1.807, 2.05) is 61.3 Å². The molecule has 0 saturated carbocycles. The van der Waals surface area contributed by atoms with Crippen LogP contribution < -0.4 is 0 Å². The Kier molecular flexibility index (Phi) is 5.08. The Morgan fingerprint density at radius 3 is 2.44 bits per heavy atom. The van der Waals surface area contributed by atoms with Crippen LogP contribution in [-0.4, -0.2) is 30.9 Å². The van der Waals surface area contributed by atoms with Gasteiger partial charge in [0.15, 0.2) is 10.9 Å². The van der Waals surface area contributed by atoms with Gasteiger partial charge in [0.2, 0.25) is 0 Å². The summed E-state index contributed by atoms with van der Waals surface area (Å²) in [5.41, 5.74) is 4.08. The predicted octanol–water partition coefficient (Wildman–Crippen LogP) is 3.34.